The molecule has 3 heterocycles. The van der Waals surface area contributed by atoms with E-state index in [1.165, 1.54) is 17.3 Å². The van der Waals surface area contributed by atoms with Crippen LogP contribution in [-0.2, 0) is 16.6 Å². The lowest BCUT2D eigenvalue weighted by atomic mass is 9.97. The van der Waals surface area contributed by atoms with Crippen molar-refractivity contribution in [1.29, 1.82) is 0 Å². The minimum Gasteiger partial charge on any atom is -0.352 e. The molecule has 1 N–H and O–H groups in total. The van der Waals surface area contributed by atoms with Crippen molar-refractivity contribution in [2.24, 2.45) is 10.3 Å². The Morgan fingerprint density at radius 1 is 1.16 bits per heavy atom. The lowest BCUT2D eigenvalue weighted by molar-refractivity contribution is 0.0930. The summed E-state index contributed by atoms with van der Waals surface area (Å²) in [6.07, 6.45) is 2.26. The Balaban J connectivity index is 1.19. The smallest absolute Gasteiger partial charge is 0.257 e. The second kappa shape index (κ2) is 8.88. The molecule has 168 valence electrons. The molecule has 1 saturated heterocycles. The number of carbonyl (C=O) groups excluding carboxylic acids is 1. The van der Waals surface area contributed by atoms with Gasteiger partial charge < -0.3 is 10.2 Å². The van der Waals surface area contributed by atoms with Crippen molar-refractivity contribution in [2.45, 2.75) is 24.3 Å². The first-order chi connectivity index (χ1) is 15.5. The Morgan fingerprint density at radius 2 is 2.00 bits per heavy atom. The Labute approximate surface area is 192 Å². The minimum atomic E-state index is -3.38. The summed E-state index contributed by atoms with van der Waals surface area (Å²) < 4.78 is 27.4. The van der Waals surface area contributed by atoms with E-state index < -0.39 is 10.0 Å². The summed E-state index contributed by atoms with van der Waals surface area (Å²) in [7, 11) is -3.38. The first-order valence-corrected chi connectivity index (χ1v) is 13.4. The molecular formula is C23H26N4O3S2. The average molecular weight is 471 g/mol. The predicted molar refractivity (Wildman–Crippen MR) is 128 cm³/mol. The second-order valence-corrected chi connectivity index (χ2v) is 11.3. The summed E-state index contributed by atoms with van der Waals surface area (Å²) in [5, 5.41) is 3.58. The van der Waals surface area contributed by atoms with E-state index >= 15 is 0 Å². The lowest BCUT2D eigenvalue weighted by Gasteiger charge is -2.32. The van der Waals surface area contributed by atoms with Gasteiger partial charge in [0.1, 0.15) is 0 Å². The molecule has 0 aromatic heterocycles. The molecule has 0 radical (unpaired) electrons. The van der Waals surface area contributed by atoms with Gasteiger partial charge in [-0.3, -0.25) is 9.69 Å². The fourth-order valence-electron chi connectivity index (χ4n) is 4.51. The van der Waals surface area contributed by atoms with Crippen LogP contribution in [0.25, 0.3) is 0 Å². The molecule has 0 aliphatic carbocycles. The molecule has 7 nitrogen and oxygen atoms in total. The zero-order chi connectivity index (χ0) is 22.1. The van der Waals surface area contributed by atoms with Crippen molar-refractivity contribution in [3.63, 3.8) is 0 Å². The normalized spacial score (nSPS) is 22.1. The maximum absolute atomic E-state index is 12.8. The fourth-order valence-corrected chi connectivity index (χ4v) is 6.81. The molecule has 3 aliphatic heterocycles. The van der Waals surface area contributed by atoms with E-state index in [1.54, 1.807) is 0 Å². The number of likely N-dealkylation sites (tertiary alicyclic amines) is 1. The van der Waals surface area contributed by atoms with Gasteiger partial charge in [0.2, 0.25) is 0 Å². The quantitative estimate of drug-likeness (QED) is 0.724. The summed E-state index contributed by atoms with van der Waals surface area (Å²) in [5.41, 5.74) is 2.84. The Morgan fingerprint density at radius 3 is 2.84 bits per heavy atom. The van der Waals surface area contributed by atoms with Crippen molar-refractivity contribution in [3.8, 4) is 0 Å². The number of nitrogens with zero attached hydrogens (tertiary/aromatic N) is 3. The number of thioether (sulfide) groups is 1. The van der Waals surface area contributed by atoms with Gasteiger partial charge >= 0.3 is 0 Å². The number of carbonyl (C=O) groups is 1. The van der Waals surface area contributed by atoms with Gasteiger partial charge in [0.05, 0.1) is 11.4 Å². The lowest BCUT2D eigenvalue weighted by Crippen LogP contribution is -2.40. The van der Waals surface area contributed by atoms with Gasteiger partial charge in [-0.2, -0.15) is 0 Å². The van der Waals surface area contributed by atoms with Crippen molar-refractivity contribution >= 4 is 38.5 Å². The van der Waals surface area contributed by atoms with Crippen LogP contribution in [0.15, 0.2) is 57.8 Å². The number of fused-ring (bicyclic) bond motifs is 3. The third-order valence-corrected chi connectivity index (χ3v) is 8.44. The Bertz CT molecular complexity index is 1150. The molecule has 0 bridgehead atoms. The third kappa shape index (κ3) is 4.69. The SMILES string of the molecule is O=C(NCC1CCCN(Cc2ccccc2)C1)c1ccc2c(c1)SC1=NS(=O)(=O)CCN12. The van der Waals surface area contributed by atoms with Crippen LogP contribution in [0.3, 0.4) is 0 Å². The number of hydrogen-bond donors (Lipinski definition) is 1. The summed E-state index contributed by atoms with van der Waals surface area (Å²) in [4.78, 5) is 18.1. The molecule has 2 aromatic rings. The minimum absolute atomic E-state index is 0.0153. The standard InChI is InChI=1S/C23H26N4O3S2/c28-22(24-14-18-7-4-10-26(16-18)15-17-5-2-1-3-6-17)19-8-9-20-21(13-19)31-23-25-32(29,30)12-11-27(20)23/h1-3,5-6,8-9,13,18H,4,7,10-12,14-16H2,(H,24,28). The van der Waals surface area contributed by atoms with Crippen LogP contribution >= 0.6 is 11.8 Å². The van der Waals surface area contributed by atoms with Crippen molar-refractivity contribution in [3.05, 3.63) is 59.7 Å². The number of amides is 1. The zero-order valence-corrected chi connectivity index (χ0v) is 19.4. The number of rotatable bonds is 5. The second-order valence-electron chi connectivity index (χ2n) is 8.54. The maximum atomic E-state index is 12.8. The molecule has 1 fully saturated rings. The molecule has 0 saturated carbocycles. The van der Waals surface area contributed by atoms with Crippen LogP contribution in [0.2, 0.25) is 0 Å². The summed E-state index contributed by atoms with van der Waals surface area (Å²) in [5.74, 6) is 0.364. The van der Waals surface area contributed by atoms with E-state index in [-0.39, 0.29) is 11.7 Å². The van der Waals surface area contributed by atoms with Crippen LogP contribution in [0.1, 0.15) is 28.8 Å². The molecular weight excluding hydrogens is 444 g/mol. The molecule has 3 aliphatic rings. The predicted octanol–water partition coefficient (Wildman–Crippen LogP) is 2.94. The van der Waals surface area contributed by atoms with Gasteiger partial charge in [-0.1, -0.05) is 30.3 Å². The monoisotopic (exact) mass is 470 g/mol. The summed E-state index contributed by atoms with van der Waals surface area (Å²) in [6, 6.07) is 16.0. The van der Waals surface area contributed by atoms with Gasteiger partial charge in [0, 0.05) is 36.6 Å². The summed E-state index contributed by atoms with van der Waals surface area (Å²) in [6.45, 7) is 4.08. The van der Waals surface area contributed by atoms with Crippen molar-refractivity contribution in [1.82, 2.24) is 10.2 Å². The fraction of sp³-hybridized carbons (Fsp3) is 0.391. The topological polar surface area (TPSA) is 82.1 Å². The number of amidine groups is 1. The highest BCUT2D eigenvalue weighted by Gasteiger charge is 2.33. The van der Waals surface area contributed by atoms with E-state index in [2.05, 4.69) is 38.9 Å². The Hall–Kier alpha value is -2.36. The highest BCUT2D eigenvalue weighted by atomic mass is 32.2. The molecule has 1 unspecified atom stereocenters. The van der Waals surface area contributed by atoms with Crippen LogP contribution < -0.4 is 10.2 Å². The first-order valence-electron chi connectivity index (χ1n) is 10.9. The largest absolute Gasteiger partial charge is 0.352 e. The highest BCUT2D eigenvalue weighted by Crippen LogP contribution is 2.42. The number of hydrogen-bond acceptors (Lipinski definition) is 6. The van der Waals surface area contributed by atoms with Gasteiger partial charge in [0.25, 0.3) is 15.9 Å². The Kier molecular flexibility index (Phi) is 5.96. The number of sulfonamides is 1. The first kappa shape index (κ1) is 21.5. The zero-order valence-electron chi connectivity index (χ0n) is 17.7. The van der Waals surface area contributed by atoms with E-state index in [0.29, 0.717) is 29.7 Å². The molecule has 32 heavy (non-hydrogen) atoms. The van der Waals surface area contributed by atoms with Gasteiger partial charge in [-0.05, 0) is 60.8 Å². The van der Waals surface area contributed by atoms with E-state index in [0.717, 1.165) is 43.1 Å². The molecule has 1 atom stereocenters. The highest BCUT2D eigenvalue weighted by molar-refractivity contribution is 8.15. The van der Waals surface area contributed by atoms with Crippen LogP contribution in [0, 0.1) is 5.92 Å². The van der Waals surface area contributed by atoms with E-state index in [1.807, 2.05) is 29.2 Å². The molecule has 2 aromatic carbocycles. The van der Waals surface area contributed by atoms with Crippen LogP contribution in [0.4, 0.5) is 5.69 Å². The molecule has 5 rings (SSSR count). The number of anilines is 1. The van der Waals surface area contributed by atoms with Gasteiger partial charge in [0.15, 0.2) is 5.17 Å². The molecule has 0 spiro atoms. The summed E-state index contributed by atoms with van der Waals surface area (Å²) >= 11 is 1.31. The van der Waals surface area contributed by atoms with Crippen molar-refractivity contribution in [2.75, 3.05) is 36.8 Å². The number of piperidine rings is 1. The molecule has 1 amide bonds. The van der Waals surface area contributed by atoms with Crippen LogP contribution in [0.5, 0.6) is 0 Å². The van der Waals surface area contributed by atoms with Crippen LogP contribution in [-0.4, -0.2) is 56.3 Å². The van der Waals surface area contributed by atoms with Gasteiger partial charge in [-0.15, -0.1) is 4.40 Å². The molecule has 9 heteroatoms. The van der Waals surface area contributed by atoms with Crippen molar-refractivity contribution < 1.29 is 13.2 Å². The third-order valence-electron chi connectivity index (χ3n) is 6.14. The average Bonchev–Trinajstić information content (AvgIpc) is 3.13. The van der Waals surface area contributed by atoms with Gasteiger partial charge in [-0.25, -0.2) is 8.42 Å². The van der Waals surface area contributed by atoms with E-state index in [9.17, 15) is 13.2 Å². The maximum Gasteiger partial charge on any atom is 0.257 e. The number of benzene rings is 2. The number of nitrogens with one attached hydrogen (secondary N) is 1. The van der Waals surface area contributed by atoms with E-state index in [4.69, 9.17) is 0 Å².